The van der Waals surface area contributed by atoms with Crippen LogP contribution in [-0.4, -0.2) is 24.1 Å². The first-order valence-corrected chi connectivity index (χ1v) is 8.89. The van der Waals surface area contributed by atoms with Crippen LogP contribution < -0.4 is 4.90 Å². The lowest BCUT2D eigenvalue weighted by Gasteiger charge is -2.14. The summed E-state index contributed by atoms with van der Waals surface area (Å²) in [5, 5.41) is 10.2. The third-order valence-corrected chi connectivity index (χ3v) is 4.89. The maximum Gasteiger partial charge on any atom is 0.171 e. The van der Waals surface area contributed by atoms with Crippen LogP contribution in [0.3, 0.4) is 0 Å². The van der Waals surface area contributed by atoms with Gasteiger partial charge in [-0.15, -0.1) is 0 Å². The Morgan fingerprint density at radius 1 is 1.29 bits per heavy atom. The number of hydrogen-bond acceptors (Lipinski definition) is 4. The molecule has 0 aliphatic carbocycles. The molecule has 0 aliphatic heterocycles. The third-order valence-electron chi connectivity index (χ3n) is 3.44. The van der Waals surface area contributed by atoms with Crippen LogP contribution in [0.15, 0.2) is 57.0 Å². The summed E-state index contributed by atoms with van der Waals surface area (Å²) in [7, 11) is 3.99. The summed E-state index contributed by atoms with van der Waals surface area (Å²) in [6.45, 7) is 0. The number of aromatic amines is 1. The summed E-state index contributed by atoms with van der Waals surface area (Å²) in [5.41, 5.74) is 3.92. The van der Waals surface area contributed by atoms with E-state index in [1.54, 1.807) is 0 Å². The van der Waals surface area contributed by atoms with E-state index in [1.807, 2.05) is 67.5 Å². The van der Waals surface area contributed by atoms with Crippen LogP contribution in [-0.2, 0) is 0 Å². The van der Waals surface area contributed by atoms with Crippen LogP contribution in [0.1, 0.15) is 5.56 Å². The zero-order valence-electron chi connectivity index (χ0n) is 13.2. The number of fused-ring (bicyclic) bond motifs is 1. The summed E-state index contributed by atoms with van der Waals surface area (Å²) < 4.78 is 0.993. The van der Waals surface area contributed by atoms with Crippen LogP contribution in [0.2, 0.25) is 0 Å². The fraction of sp³-hybridized carbons (Fsp3) is 0.111. The summed E-state index contributed by atoms with van der Waals surface area (Å²) in [5.74, 6) is 0. The van der Waals surface area contributed by atoms with Gasteiger partial charge in [0.25, 0.3) is 0 Å². The fourth-order valence-corrected chi connectivity index (χ4v) is 3.80. The predicted molar refractivity (Wildman–Crippen MR) is 104 cm³/mol. The van der Waals surface area contributed by atoms with E-state index < -0.39 is 0 Å². The van der Waals surface area contributed by atoms with Crippen LogP contribution in [0, 0.1) is 11.3 Å². The number of thioether (sulfide) groups is 1. The van der Waals surface area contributed by atoms with Gasteiger partial charge in [0.2, 0.25) is 0 Å². The zero-order chi connectivity index (χ0) is 17.1. The largest absolute Gasteiger partial charge is 0.377 e. The van der Waals surface area contributed by atoms with Gasteiger partial charge in [-0.1, -0.05) is 18.2 Å². The molecule has 3 aromatic rings. The Morgan fingerprint density at radius 2 is 2.08 bits per heavy atom. The van der Waals surface area contributed by atoms with Gasteiger partial charge in [-0.05, 0) is 63.6 Å². The first-order valence-electron chi connectivity index (χ1n) is 7.28. The SMILES string of the molecule is CN(C)c1ccc(/C=C(\C#N)Sc2nc3ccccc3[nH]2)cc1Br. The quantitative estimate of drug-likeness (QED) is 0.493. The maximum atomic E-state index is 9.43. The molecule has 0 unspecified atom stereocenters. The molecule has 0 spiro atoms. The second-order valence-corrected chi connectivity index (χ2v) is 7.27. The van der Waals surface area contributed by atoms with Crippen molar-refractivity contribution in [2.24, 2.45) is 0 Å². The molecular weight excluding hydrogens is 384 g/mol. The van der Waals surface area contributed by atoms with E-state index in [0.29, 0.717) is 10.1 Å². The third kappa shape index (κ3) is 3.64. The Bertz CT molecular complexity index is 920. The van der Waals surface area contributed by atoms with Gasteiger partial charge in [0.05, 0.1) is 21.6 Å². The highest BCUT2D eigenvalue weighted by molar-refractivity contribution is 9.10. The monoisotopic (exact) mass is 398 g/mol. The van der Waals surface area contributed by atoms with Gasteiger partial charge in [-0.25, -0.2) is 4.98 Å². The van der Waals surface area contributed by atoms with E-state index in [1.165, 1.54) is 11.8 Å². The van der Waals surface area contributed by atoms with Gasteiger partial charge < -0.3 is 9.88 Å². The van der Waals surface area contributed by atoms with Gasteiger partial charge in [-0.2, -0.15) is 5.26 Å². The number of benzene rings is 2. The molecule has 1 heterocycles. The van der Waals surface area contributed by atoms with E-state index in [-0.39, 0.29) is 0 Å². The fourth-order valence-electron chi connectivity index (χ4n) is 2.29. The molecule has 3 rings (SSSR count). The number of allylic oxidation sites excluding steroid dienone is 1. The summed E-state index contributed by atoms with van der Waals surface area (Å²) in [6.07, 6.45) is 1.86. The van der Waals surface area contributed by atoms with Crippen molar-refractivity contribution < 1.29 is 0 Å². The summed E-state index contributed by atoms with van der Waals surface area (Å²) in [4.78, 5) is 10.3. The molecule has 1 N–H and O–H groups in total. The summed E-state index contributed by atoms with van der Waals surface area (Å²) in [6, 6.07) is 16.1. The van der Waals surface area contributed by atoms with E-state index in [0.717, 1.165) is 26.8 Å². The molecule has 0 atom stereocenters. The van der Waals surface area contributed by atoms with Crippen molar-refractivity contribution in [1.82, 2.24) is 9.97 Å². The minimum atomic E-state index is 0.582. The molecule has 1 aromatic heterocycles. The van der Waals surface area contributed by atoms with Gasteiger partial charge >= 0.3 is 0 Å². The van der Waals surface area contributed by atoms with E-state index in [2.05, 4.69) is 32.0 Å². The standard InChI is InChI=1S/C18H15BrN4S/c1-23(2)17-8-7-12(10-14(17)19)9-13(11-20)24-18-21-15-5-3-4-6-16(15)22-18/h3-10H,1-2H3,(H,21,22)/b13-9+. The van der Waals surface area contributed by atoms with Crippen molar-refractivity contribution in [3.8, 4) is 6.07 Å². The van der Waals surface area contributed by atoms with Crippen molar-refractivity contribution in [2.45, 2.75) is 5.16 Å². The molecule has 2 aromatic carbocycles. The lowest BCUT2D eigenvalue weighted by Crippen LogP contribution is -2.09. The highest BCUT2D eigenvalue weighted by Crippen LogP contribution is 2.30. The number of halogens is 1. The molecular formula is C18H15BrN4S. The number of H-pyrrole nitrogens is 1. The average molecular weight is 399 g/mol. The number of rotatable bonds is 4. The van der Waals surface area contributed by atoms with Gasteiger partial charge in [0, 0.05) is 18.6 Å². The molecule has 0 bridgehead atoms. The van der Waals surface area contributed by atoms with Crippen LogP contribution in [0.25, 0.3) is 17.1 Å². The van der Waals surface area contributed by atoms with Crippen molar-refractivity contribution in [2.75, 3.05) is 19.0 Å². The number of aromatic nitrogens is 2. The van der Waals surface area contributed by atoms with Crippen LogP contribution in [0.4, 0.5) is 5.69 Å². The minimum absolute atomic E-state index is 0.582. The van der Waals surface area contributed by atoms with Gasteiger partial charge in [0.15, 0.2) is 5.16 Å². The number of nitrogens with zero attached hydrogens (tertiary/aromatic N) is 3. The molecule has 4 nitrogen and oxygen atoms in total. The zero-order valence-corrected chi connectivity index (χ0v) is 15.6. The molecule has 0 radical (unpaired) electrons. The smallest absolute Gasteiger partial charge is 0.171 e. The summed E-state index contributed by atoms with van der Waals surface area (Å²) >= 11 is 4.90. The second kappa shape index (κ2) is 7.12. The Balaban J connectivity index is 1.87. The highest BCUT2D eigenvalue weighted by atomic mass is 79.9. The second-order valence-electron chi connectivity index (χ2n) is 5.39. The van der Waals surface area contributed by atoms with E-state index in [4.69, 9.17) is 0 Å². The minimum Gasteiger partial charge on any atom is -0.377 e. The normalized spacial score (nSPS) is 11.5. The molecule has 6 heteroatoms. The number of nitriles is 1. The van der Waals surface area contributed by atoms with E-state index >= 15 is 0 Å². The van der Waals surface area contributed by atoms with Crippen molar-refractivity contribution in [1.29, 1.82) is 5.26 Å². The van der Waals surface area contributed by atoms with Crippen molar-refractivity contribution in [3.05, 3.63) is 57.4 Å². The van der Waals surface area contributed by atoms with Crippen molar-refractivity contribution >= 4 is 50.5 Å². The average Bonchev–Trinajstić information content (AvgIpc) is 2.96. The highest BCUT2D eigenvalue weighted by Gasteiger charge is 2.07. The Morgan fingerprint density at radius 3 is 2.75 bits per heavy atom. The first kappa shape index (κ1) is 16.6. The lowest BCUT2D eigenvalue weighted by molar-refractivity contribution is 1.09. The van der Waals surface area contributed by atoms with Crippen LogP contribution in [0.5, 0.6) is 0 Å². The predicted octanol–water partition coefficient (Wildman–Crippen LogP) is 5.05. The Hall–Kier alpha value is -2.23. The molecule has 0 saturated carbocycles. The van der Waals surface area contributed by atoms with E-state index in [9.17, 15) is 5.26 Å². The lowest BCUT2D eigenvalue weighted by atomic mass is 10.2. The number of anilines is 1. The first-order chi connectivity index (χ1) is 11.6. The van der Waals surface area contributed by atoms with Gasteiger partial charge in [-0.3, -0.25) is 0 Å². The van der Waals surface area contributed by atoms with Crippen LogP contribution >= 0.6 is 27.7 Å². The molecule has 0 aliphatic rings. The molecule has 120 valence electrons. The van der Waals surface area contributed by atoms with Crippen molar-refractivity contribution in [3.63, 3.8) is 0 Å². The Labute approximate surface area is 153 Å². The topological polar surface area (TPSA) is 55.7 Å². The Kier molecular flexibility index (Phi) is 4.93. The number of hydrogen-bond donors (Lipinski definition) is 1. The number of nitrogens with one attached hydrogen (secondary N) is 1. The molecule has 24 heavy (non-hydrogen) atoms. The number of para-hydroxylation sites is 2. The van der Waals surface area contributed by atoms with Gasteiger partial charge in [0.1, 0.15) is 6.07 Å². The molecule has 0 fully saturated rings. The molecule has 0 saturated heterocycles. The maximum absolute atomic E-state index is 9.43. The number of imidazole rings is 1. The molecule has 0 amide bonds.